The molecule has 0 saturated carbocycles. The van der Waals surface area contributed by atoms with Crippen LogP contribution in [0, 0.1) is 0 Å². The molecule has 1 aliphatic heterocycles. The van der Waals surface area contributed by atoms with E-state index in [2.05, 4.69) is 241 Å². The molecule has 0 aromatic heterocycles. The van der Waals surface area contributed by atoms with Gasteiger partial charge in [0, 0.05) is 16.7 Å². The monoisotopic (exact) mass is 857 g/mol. The topological polar surface area (TPSA) is 12.4 Å². The quantitative estimate of drug-likeness (QED) is 0.153. The van der Waals surface area contributed by atoms with Crippen molar-refractivity contribution in [2.45, 2.75) is 57.3 Å². The number of benzene rings is 10. The fraction of sp³-hybridized carbons (Fsp3) is 0.136. The van der Waals surface area contributed by atoms with E-state index < -0.39 is 0 Å². The summed E-state index contributed by atoms with van der Waals surface area (Å²) in [6, 6.07) is 77.5. The molecule has 1 heterocycles. The number of aliphatic imine (C=N–C) groups is 1. The zero-order valence-corrected chi connectivity index (χ0v) is 38.7. The van der Waals surface area contributed by atoms with Crippen molar-refractivity contribution in [2.24, 2.45) is 4.99 Å². The van der Waals surface area contributed by atoms with Crippen molar-refractivity contribution in [1.82, 2.24) is 0 Å². The molecule has 1 nitrogen and oxygen atoms in total. The van der Waals surface area contributed by atoms with E-state index in [9.17, 15) is 0 Å². The Balaban J connectivity index is 1.05. The van der Waals surface area contributed by atoms with Crippen molar-refractivity contribution >= 4 is 32.9 Å². The van der Waals surface area contributed by atoms with Crippen molar-refractivity contribution in [3.63, 3.8) is 0 Å². The normalized spacial score (nSPS) is 17.1. The molecule has 0 spiro atoms. The third-order valence-electron chi connectivity index (χ3n) is 15.9. The van der Waals surface area contributed by atoms with Crippen LogP contribution in [-0.4, -0.2) is 5.71 Å². The smallest absolute Gasteiger partial charge is 0.0668 e. The highest BCUT2D eigenvalue weighted by Crippen LogP contribution is 2.54. The van der Waals surface area contributed by atoms with Crippen LogP contribution < -0.4 is 0 Å². The molecule has 13 rings (SSSR count). The minimum Gasteiger partial charge on any atom is -0.252 e. The lowest BCUT2D eigenvalue weighted by Crippen LogP contribution is -2.23. The van der Waals surface area contributed by atoms with Crippen LogP contribution in [0.1, 0.15) is 85.4 Å². The van der Waals surface area contributed by atoms with Crippen LogP contribution in [0.4, 0.5) is 5.69 Å². The van der Waals surface area contributed by atoms with Gasteiger partial charge >= 0.3 is 0 Å². The molecular formula is C66H51N. The van der Waals surface area contributed by atoms with Gasteiger partial charge < -0.3 is 0 Å². The van der Waals surface area contributed by atoms with Crippen molar-refractivity contribution < 1.29 is 0 Å². The maximum atomic E-state index is 5.50. The number of nitrogens with zero attached hydrogens (tertiary/aromatic N) is 1. The summed E-state index contributed by atoms with van der Waals surface area (Å²) < 4.78 is 0. The lowest BCUT2D eigenvalue weighted by molar-refractivity contribution is 0.660. The fourth-order valence-corrected chi connectivity index (χ4v) is 12.5. The Morgan fingerprint density at radius 1 is 0.358 bits per heavy atom. The Kier molecular flexibility index (Phi) is 8.72. The summed E-state index contributed by atoms with van der Waals surface area (Å²) in [7, 11) is 0. The average Bonchev–Trinajstić information content (AvgIpc) is 3.74. The molecule has 0 amide bonds. The fourth-order valence-electron chi connectivity index (χ4n) is 12.5. The largest absolute Gasteiger partial charge is 0.252 e. The second-order valence-corrected chi connectivity index (χ2v) is 20.2. The van der Waals surface area contributed by atoms with Gasteiger partial charge in [0.1, 0.15) is 0 Å². The lowest BCUT2D eigenvalue weighted by Gasteiger charge is -2.32. The van der Waals surface area contributed by atoms with E-state index in [1.165, 1.54) is 116 Å². The molecule has 0 saturated heterocycles. The maximum Gasteiger partial charge on any atom is 0.0668 e. The summed E-state index contributed by atoms with van der Waals surface area (Å²) in [5.74, 6) is 0.313. The highest BCUT2D eigenvalue weighted by molar-refractivity contribution is 6.22. The molecule has 10 aromatic carbocycles. The van der Waals surface area contributed by atoms with Crippen molar-refractivity contribution in [2.75, 3.05) is 0 Å². The van der Waals surface area contributed by atoms with Crippen LogP contribution in [0.25, 0.3) is 77.2 Å². The molecule has 0 fully saturated rings. The van der Waals surface area contributed by atoms with E-state index in [0.717, 1.165) is 11.4 Å². The van der Waals surface area contributed by atoms with Crippen LogP contribution in [0.3, 0.4) is 0 Å². The van der Waals surface area contributed by atoms with Crippen LogP contribution in [-0.2, 0) is 10.8 Å². The molecule has 10 aromatic rings. The van der Waals surface area contributed by atoms with Crippen molar-refractivity contribution in [3.05, 3.63) is 245 Å². The molecular weight excluding hydrogens is 807 g/mol. The molecule has 0 bridgehead atoms. The van der Waals surface area contributed by atoms with Crippen molar-refractivity contribution in [1.29, 1.82) is 0 Å². The molecule has 0 N–H and O–H groups in total. The van der Waals surface area contributed by atoms with Crippen molar-refractivity contribution in [3.8, 4) is 55.6 Å². The first-order valence-electron chi connectivity index (χ1n) is 24.0. The summed E-state index contributed by atoms with van der Waals surface area (Å²) in [6.45, 7) is 11.9. The first-order chi connectivity index (χ1) is 32.7. The minimum atomic E-state index is -0.117. The molecule has 320 valence electrons. The molecule has 67 heavy (non-hydrogen) atoms. The summed E-state index contributed by atoms with van der Waals surface area (Å²) in [4.78, 5) is 5.50. The summed E-state index contributed by atoms with van der Waals surface area (Å²) in [5, 5.41) is 5.04. The number of hydrogen-bond acceptors (Lipinski definition) is 1. The number of rotatable bonds is 5. The van der Waals surface area contributed by atoms with Gasteiger partial charge in [-0.3, -0.25) is 4.99 Å². The molecule has 3 aliphatic rings. The van der Waals surface area contributed by atoms with E-state index in [4.69, 9.17) is 4.99 Å². The van der Waals surface area contributed by atoms with Gasteiger partial charge in [0.25, 0.3) is 0 Å². The number of fused-ring (bicyclic) bond motifs is 9. The molecule has 2 aliphatic carbocycles. The van der Waals surface area contributed by atoms with Gasteiger partial charge in [-0.25, -0.2) is 0 Å². The second-order valence-electron chi connectivity index (χ2n) is 20.2. The maximum absolute atomic E-state index is 5.50. The van der Waals surface area contributed by atoms with E-state index in [1.807, 2.05) is 0 Å². The van der Waals surface area contributed by atoms with Crippen LogP contribution in [0.2, 0.25) is 0 Å². The van der Waals surface area contributed by atoms with Gasteiger partial charge in [-0.1, -0.05) is 211 Å². The zero-order chi connectivity index (χ0) is 45.2. The first kappa shape index (κ1) is 39.7. The van der Waals surface area contributed by atoms with Gasteiger partial charge in [-0.2, -0.15) is 0 Å². The molecule has 1 heteroatoms. The van der Waals surface area contributed by atoms with E-state index in [0.29, 0.717) is 0 Å². The van der Waals surface area contributed by atoms with Gasteiger partial charge in [0.15, 0.2) is 0 Å². The van der Waals surface area contributed by atoms with Gasteiger partial charge in [-0.05, 0) is 152 Å². The van der Waals surface area contributed by atoms with Gasteiger partial charge in [-0.15, -0.1) is 0 Å². The Morgan fingerprint density at radius 3 is 1.48 bits per heavy atom. The van der Waals surface area contributed by atoms with E-state index in [-0.39, 0.29) is 22.7 Å². The summed E-state index contributed by atoms with van der Waals surface area (Å²) in [6.07, 6.45) is 0. The Labute approximate surface area is 394 Å². The second kappa shape index (κ2) is 14.7. The summed E-state index contributed by atoms with van der Waals surface area (Å²) in [5.41, 5.74) is 24.2. The van der Waals surface area contributed by atoms with E-state index >= 15 is 0 Å². The summed E-state index contributed by atoms with van der Waals surface area (Å²) >= 11 is 0. The molecule has 2 unspecified atom stereocenters. The third-order valence-corrected chi connectivity index (χ3v) is 15.9. The molecule has 0 radical (unpaired) electrons. The highest BCUT2D eigenvalue weighted by atomic mass is 14.8. The SMILES string of the molecule is CC1c2cc(-c3c4ccccc4c(-c4ccc5c(c4)C(C)(C)c4ccccc4-5)c4cc(-c5ccc6c(c5)C(C)(C)c5ccccc5-6)ccc34)ccc2N=C(c2ccccc2)C1c1ccccc1. The lowest BCUT2D eigenvalue weighted by atomic mass is 9.74. The molecule has 2 atom stereocenters. The zero-order valence-electron chi connectivity index (χ0n) is 38.7. The Bertz CT molecular complexity index is 3700. The predicted molar refractivity (Wildman–Crippen MR) is 283 cm³/mol. The predicted octanol–water partition coefficient (Wildman–Crippen LogP) is 17.6. The van der Waals surface area contributed by atoms with Crippen LogP contribution in [0.5, 0.6) is 0 Å². The Morgan fingerprint density at radius 2 is 0.821 bits per heavy atom. The first-order valence-corrected chi connectivity index (χ1v) is 24.0. The highest BCUT2D eigenvalue weighted by Gasteiger charge is 2.37. The van der Waals surface area contributed by atoms with E-state index in [1.54, 1.807) is 0 Å². The van der Waals surface area contributed by atoms with Gasteiger partial charge in [0.2, 0.25) is 0 Å². The van der Waals surface area contributed by atoms with Gasteiger partial charge in [0.05, 0.1) is 11.4 Å². The van der Waals surface area contributed by atoms with Crippen LogP contribution >= 0.6 is 0 Å². The standard InChI is InChI=1S/C66H51N/c1-40-54-37-45(31-35-60(54)67-64(42-20-10-7-11-21-42)61(40)41-18-8-6-9-19-41)62-51-24-12-13-25-52(51)63(46-30-33-50-48-23-15-17-27-57(48)66(4,5)59(50)39-46)55-36-43(29-34-53(55)62)44-28-32-49-47-22-14-16-26-56(47)65(2,3)58(49)38-44/h6-40,61H,1-5H3. The third kappa shape index (κ3) is 5.90. The number of hydrogen-bond donors (Lipinski definition) is 0. The average molecular weight is 858 g/mol. The minimum absolute atomic E-state index is 0.0862. The Hall–Kier alpha value is -7.61. The van der Waals surface area contributed by atoms with Crippen LogP contribution in [0.15, 0.2) is 211 Å².